The lowest BCUT2D eigenvalue weighted by Gasteiger charge is -2.42. The highest BCUT2D eigenvalue weighted by Gasteiger charge is 2.50. The molecular formula is C49H57N5O18. The lowest BCUT2D eigenvalue weighted by Crippen LogP contribution is -2.55. The van der Waals surface area contributed by atoms with Gasteiger partial charge in [-0.25, -0.2) is 0 Å². The minimum Gasteiger partial charge on any atom is -0.508 e. The minimum atomic E-state index is -2.15. The number of nitrogens with one attached hydrogen (secondary N) is 4. The van der Waals surface area contributed by atoms with Crippen molar-refractivity contribution >= 4 is 52.7 Å². The molecule has 386 valence electrons. The Morgan fingerprint density at radius 1 is 0.903 bits per heavy atom. The monoisotopic (exact) mass is 1000 g/mol. The maximum atomic E-state index is 14.0. The van der Waals surface area contributed by atoms with Crippen LogP contribution >= 0.6 is 0 Å². The quantitative estimate of drug-likeness (QED) is 0.0334. The molecule has 3 aromatic carbocycles. The second-order valence-corrected chi connectivity index (χ2v) is 17.9. The zero-order chi connectivity index (χ0) is 52.8. The van der Waals surface area contributed by atoms with Gasteiger partial charge in [0.05, 0.1) is 47.8 Å². The van der Waals surface area contributed by atoms with Crippen LogP contribution in [0.1, 0.15) is 114 Å². The molecule has 1 saturated heterocycles. The van der Waals surface area contributed by atoms with Gasteiger partial charge in [0.1, 0.15) is 53.3 Å². The van der Waals surface area contributed by atoms with Crippen LogP contribution in [0.15, 0.2) is 47.6 Å². The largest absolute Gasteiger partial charge is 0.508 e. The second-order valence-electron chi connectivity index (χ2n) is 17.9. The number of Topliss-reactive ketones (excluding diaryl/α,β-unsaturated/α-hetero) is 1. The molecule has 23 heteroatoms. The molecular weight excluding hydrogens is 947 g/mol. The van der Waals surface area contributed by atoms with Crippen LogP contribution in [0.4, 0.5) is 0 Å². The zero-order valence-corrected chi connectivity index (χ0v) is 40.0. The van der Waals surface area contributed by atoms with Crippen molar-refractivity contribution in [1.29, 1.82) is 0 Å². The number of carboxylic acid groups (broad SMARTS) is 1. The van der Waals surface area contributed by atoms with Crippen molar-refractivity contribution in [2.24, 2.45) is 5.16 Å². The summed E-state index contributed by atoms with van der Waals surface area (Å²) in [6, 6.07) is 6.79. The van der Waals surface area contributed by atoms with Crippen LogP contribution in [-0.4, -0.2) is 146 Å². The first-order chi connectivity index (χ1) is 34.0. The Hall–Kier alpha value is -7.47. The molecule has 4 amide bonds. The van der Waals surface area contributed by atoms with E-state index in [2.05, 4.69) is 26.4 Å². The lowest BCUT2D eigenvalue weighted by molar-refractivity contribution is -0.249. The Kier molecular flexibility index (Phi) is 17.0. The van der Waals surface area contributed by atoms with Crippen LogP contribution in [0, 0.1) is 0 Å². The normalized spacial score (nSPS) is 22.2. The van der Waals surface area contributed by atoms with E-state index in [0.29, 0.717) is 11.3 Å². The van der Waals surface area contributed by atoms with Crippen molar-refractivity contribution in [3.63, 3.8) is 0 Å². The maximum absolute atomic E-state index is 14.0. The number of aromatic hydroxyl groups is 3. The number of phenols is 3. The van der Waals surface area contributed by atoms with Crippen molar-refractivity contribution in [3.8, 4) is 23.0 Å². The van der Waals surface area contributed by atoms with Gasteiger partial charge in [0.15, 0.2) is 24.5 Å². The molecule has 6 rings (SSSR count). The summed E-state index contributed by atoms with van der Waals surface area (Å²) in [4.78, 5) is 108. The number of hydrogen-bond donors (Lipinski definition) is 10. The van der Waals surface area contributed by atoms with E-state index in [1.807, 2.05) is 0 Å². The van der Waals surface area contributed by atoms with E-state index in [0.717, 1.165) is 6.92 Å². The first-order valence-corrected chi connectivity index (χ1v) is 22.9. The molecule has 23 nitrogen and oxygen atoms in total. The van der Waals surface area contributed by atoms with Gasteiger partial charge in [-0.05, 0) is 64.3 Å². The van der Waals surface area contributed by atoms with E-state index in [4.69, 9.17) is 24.2 Å². The fourth-order valence-electron chi connectivity index (χ4n) is 8.81. The van der Waals surface area contributed by atoms with Crippen LogP contribution in [0.25, 0.3) is 0 Å². The van der Waals surface area contributed by atoms with Gasteiger partial charge < -0.3 is 71.0 Å². The van der Waals surface area contributed by atoms with Crippen LogP contribution < -0.4 is 26.0 Å². The highest BCUT2D eigenvalue weighted by molar-refractivity contribution is 6.31. The van der Waals surface area contributed by atoms with Crippen molar-refractivity contribution in [1.82, 2.24) is 21.3 Å². The number of nitrogens with zero attached hydrogens (tertiary/aromatic N) is 1. The van der Waals surface area contributed by atoms with Crippen molar-refractivity contribution < 1.29 is 88.0 Å². The number of amides is 4. The SMILES string of the molecule is COc1cccc2c1C(=O)c1c(O)c3c(c(O)c1C2=O)C[C@@](O)(C(C)=O)C[C@@H]3O[C@H]1C[C@H](NC(=O)CCC/C(C)=N/OCC(=O)N[C@@H](C)C(=O)N[C@@H](Cc2ccc(O)cc2)C(=O)NCC(=O)O)[C@H](O)[C@H](C)O1. The summed E-state index contributed by atoms with van der Waals surface area (Å²) in [5, 5.41) is 78.4. The van der Waals surface area contributed by atoms with Crippen molar-refractivity contribution in [2.75, 3.05) is 20.3 Å². The maximum Gasteiger partial charge on any atom is 0.322 e. The topological polar surface area (TPSA) is 355 Å². The number of methoxy groups -OCH3 is 1. The van der Waals surface area contributed by atoms with Crippen LogP contribution in [0.2, 0.25) is 0 Å². The van der Waals surface area contributed by atoms with Gasteiger partial charge in [-0.1, -0.05) is 29.4 Å². The number of aliphatic carboxylic acids is 1. The van der Waals surface area contributed by atoms with E-state index < -0.39 is 144 Å². The highest BCUT2D eigenvalue weighted by Crippen LogP contribution is 2.52. The summed E-state index contributed by atoms with van der Waals surface area (Å²) in [5.74, 6) is -7.77. The number of oxime groups is 1. The van der Waals surface area contributed by atoms with Gasteiger partial charge in [-0.3, -0.25) is 38.4 Å². The van der Waals surface area contributed by atoms with E-state index in [1.165, 1.54) is 63.4 Å². The number of ketones is 3. The molecule has 72 heavy (non-hydrogen) atoms. The van der Waals surface area contributed by atoms with Crippen molar-refractivity contribution in [3.05, 3.63) is 81.4 Å². The van der Waals surface area contributed by atoms with Gasteiger partial charge in [0, 0.05) is 48.8 Å². The molecule has 1 heterocycles. The average Bonchev–Trinajstić information content (AvgIpc) is 3.32. The summed E-state index contributed by atoms with van der Waals surface area (Å²) >= 11 is 0. The minimum absolute atomic E-state index is 0.0226. The molecule has 0 aromatic heterocycles. The molecule has 0 radical (unpaired) electrons. The average molecular weight is 1000 g/mol. The van der Waals surface area contributed by atoms with Gasteiger partial charge >= 0.3 is 5.97 Å². The van der Waals surface area contributed by atoms with Crippen LogP contribution in [0.5, 0.6) is 23.0 Å². The Labute approximate surface area is 411 Å². The Morgan fingerprint density at radius 3 is 2.26 bits per heavy atom. The zero-order valence-electron chi connectivity index (χ0n) is 40.0. The number of phenolic OH excluding ortho intramolecular Hbond substituents is 3. The van der Waals surface area contributed by atoms with E-state index >= 15 is 0 Å². The highest BCUT2D eigenvalue weighted by atomic mass is 16.7. The molecule has 2 aliphatic carbocycles. The van der Waals surface area contributed by atoms with E-state index in [1.54, 1.807) is 6.92 Å². The summed E-state index contributed by atoms with van der Waals surface area (Å²) < 4.78 is 17.6. The third kappa shape index (κ3) is 12.2. The number of carboxylic acids is 1. The van der Waals surface area contributed by atoms with E-state index in [9.17, 15) is 63.9 Å². The molecule has 0 spiro atoms. The number of hydrogen-bond acceptors (Lipinski definition) is 18. The molecule has 10 N–H and O–H groups in total. The Bertz CT molecular complexity index is 2670. The van der Waals surface area contributed by atoms with Gasteiger partial charge in [0.2, 0.25) is 23.5 Å². The fraction of sp³-hybridized carbons (Fsp3) is 0.449. The number of ether oxygens (including phenoxy) is 3. The summed E-state index contributed by atoms with van der Waals surface area (Å²) in [6.07, 6.45) is -5.60. The summed E-state index contributed by atoms with van der Waals surface area (Å²) in [7, 11) is 1.30. The third-order valence-electron chi connectivity index (χ3n) is 12.7. The predicted octanol–water partition coefficient (Wildman–Crippen LogP) is 0.888. The number of aliphatic hydroxyl groups excluding tert-OH is 1. The second kappa shape index (κ2) is 22.7. The molecule has 8 atom stereocenters. The van der Waals surface area contributed by atoms with Gasteiger partial charge in [-0.2, -0.15) is 0 Å². The van der Waals surface area contributed by atoms with E-state index in [-0.39, 0.29) is 65.9 Å². The number of rotatable bonds is 20. The first kappa shape index (κ1) is 53.9. The number of benzene rings is 3. The molecule has 3 aromatic rings. The predicted molar refractivity (Wildman–Crippen MR) is 249 cm³/mol. The Morgan fingerprint density at radius 2 is 1.60 bits per heavy atom. The molecule has 0 bridgehead atoms. The summed E-state index contributed by atoms with van der Waals surface area (Å²) in [5.41, 5.74) is -2.79. The molecule has 0 saturated carbocycles. The standard InChI is InChI=1S/C49H57N5O18/c1-22(54-70-21-35(58)51-23(2)47(66)53-31(48(67)50-20-36(59)60)16-26-12-14-27(56)15-13-26)8-6-11-34(57)52-30-17-37(71-24(3)42(30)61)72-33-19-49(68,25(4)55)18-29-39(33)46(65)41-40(44(29)63)43(62)28-9-7-10-32(69-5)38(28)45(41)64/h7,9-10,12-15,23-24,30-31,33,37,42,56,61,63,65,68H,6,8,11,16-21H2,1-5H3,(H,50,67)(H,51,58)(H,52,57)(H,53,66)(H,59,60)/b54-22+/t23-,24-,30-,31-,33-,37-,42+,49-/m0/s1. The number of fused-ring (bicyclic) bond motifs is 3. The smallest absolute Gasteiger partial charge is 0.322 e. The Balaban J connectivity index is 1.02. The number of aliphatic hydroxyl groups is 2. The third-order valence-corrected chi connectivity index (χ3v) is 12.7. The number of carbonyl (C=O) groups excluding carboxylic acids is 7. The molecule has 1 aliphatic heterocycles. The fourth-order valence-corrected chi connectivity index (χ4v) is 8.81. The van der Waals surface area contributed by atoms with Gasteiger partial charge in [0.25, 0.3) is 5.91 Å². The molecule has 0 unspecified atom stereocenters. The van der Waals surface area contributed by atoms with Gasteiger partial charge in [-0.15, -0.1) is 0 Å². The first-order valence-electron chi connectivity index (χ1n) is 22.9. The molecule has 3 aliphatic rings. The summed E-state index contributed by atoms with van der Waals surface area (Å²) in [6.45, 7) is 4.31. The lowest BCUT2D eigenvalue weighted by atomic mass is 9.72. The van der Waals surface area contributed by atoms with Crippen LogP contribution in [0.3, 0.4) is 0 Å². The van der Waals surface area contributed by atoms with Crippen LogP contribution in [-0.2, 0) is 55.9 Å². The van der Waals surface area contributed by atoms with Crippen molar-refractivity contribution in [2.45, 2.75) is 121 Å². The molecule has 1 fully saturated rings. The number of carbonyl (C=O) groups is 8.